The second kappa shape index (κ2) is 5.62. The van der Waals surface area contributed by atoms with Gasteiger partial charge in [-0.05, 0) is 18.1 Å². The van der Waals surface area contributed by atoms with Crippen molar-refractivity contribution in [2.45, 2.75) is 19.6 Å². The number of halogens is 1. The quantitative estimate of drug-likeness (QED) is 0.754. The van der Waals surface area contributed by atoms with Crippen molar-refractivity contribution in [1.29, 1.82) is 0 Å². The molecule has 1 aliphatic heterocycles. The number of hydrogen-bond donors (Lipinski definition) is 0. The predicted octanol–water partition coefficient (Wildman–Crippen LogP) is 1.83. The molecule has 0 radical (unpaired) electrons. The first-order chi connectivity index (χ1) is 7.78. The first-order valence-corrected chi connectivity index (χ1v) is 6.12. The molecule has 0 N–H and O–H groups in total. The molecular weight excluding hydrogens is 224 g/mol. The average molecular weight is 241 g/mol. The molecule has 0 amide bonds. The lowest BCUT2D eigenvalue weighted by Crippen LogP contribution is -2.42. The van der Waals surface area contributed by atoms with Crippen LogP contribution in [0.3, 0.4) is 0 Å². The molecule has 0 aliphatic carbocycles. The summed E-state index contributed by atoms with van der Waals surface area (Å²) in [5, 5.41) is 0. The number of rotatable bonds is 3. The number of morpholine rings is 1. The van der Waals surface area contributed by atoms with Crippen LogP contribution in [0, 0.1) is 6.92 Å². The zero-order chi connectivity index (χ0) is 11.4. The van der Waals surface area contributed by atoms with E-state index in [9.17, 15) is 0 Å². The fraction of sp³-hybridized carbons (Fsp3) is 0.583. The van der Waals surface area contributed by atoms with E-state index < -0.39 is 0 Å². The van der Waals surface area contributed by atoms with Gasteiger partial charge in [-0.25, -0.2) is 0 Å². The zero-order valence-electron chi connectivity index (χ0n) is 9.53. The lowest BCUT2D eigenvalue weighted by molar-refractivity contribution is -0.0194. The van der Waals surface area contributed by atoms with Crippen LogP contribution in [-0.2, 0) is 11.3 Å². The van der Waals surface area contributed by atoms with E-state index in [1.165, 1.54) is 11.1 Å². The van der Waals surface area contributed by atoms with Crippen molar-refractivity contribution in [2.75, 3.05) is 25.6 Å². The molecule has 16 heavy (non-hydrogen) atoms. The van der Waals surface area contributed by atoms with Gasteiger partial charge in [0.05, 0.1) is 12.7 Å². The Morgan fingerprint density at radius 3 is 3.19 bits per heavy atom. The maximum Gasteiger partial charge on any atom is 0.0837 e. The van der Waals surface area contributed by atoms with Gasteiger partial charge in [-0.15, -0.1) is 11.6 Å². The molecule has 1 atom stereocenters. The molecule has 4 heteroatoms. The maximum absolute atomic E-state index is 5.81. The van der Waals surface area contributed by atoms with E-state index >= 15 is 0 Å². The van der Waals surface area contributed by atoms with Gasteiger partial charge in [0.2, 0.25) is 0 Å². The highest BCUT2D eigenvalue weighted by Gasteiger charge is 2.19. The van der Waals surface area contributed by atoms with Gasteiger partial charge in [-0.2, -0.15) is 0 Å². The molecule has 2 rings (SSSR count). The van der Waals surface area contributed by atoms with E-state index in [1.807, 2.05) is 12.4 Å². The molecule has 1 saturated heterocycles. The number of aryl methyl sites for hydroxylation is 1. The summed E-state index contributed by atoms with van der Waals surface area (Å²) in [7, 11) is 0. The third kappa shape index (κ3) is 3.17. The molecule has 0 aromatic carbocycles. The molecular formula is C12H17ClN2O. The number of nitrogens with zero attached hydrogens (tertiary/aromatic N) is 2. The Balaban J connectivity index is 1.94. The van der Waals surface area contributed by atoms with Crippen LogP contribution in [0.4, 0.5) is 0 Å². The molecule has 1 fully saturated rings. The summed E-state index contributed by atoms with van der Waals surface area (Å²) >= 11 is 5.81. The summed E-state index contributed by atoms with van der Waals surface area (Å²) in [6, 6.07) is 2.18. The number of pyridine rings is 1. The summed E-state index contributed by atoms with van der Waals surface area (Å²) < 4.78 is 5.53. The molecule has 88 valence electrons. The van der Waals surface area contributed by atoms with E-state index in [0.717, 1.165) is 26.2 Å². The van der Waals surface area contributed by atoms with E-state index in [2.05, 4.69) is 22.9 Å². The molecule has 2 heterocycles. The third-order valence-electron chi connectivity index (χ3n) is 2.73. The predicted molar refractivity (Wildman–Crippen MR) is 64.7 cm³/mol. The fourth-order valence-electron chi connectivity index (χ4n) is 1.98. The first-order valence-electron chi connectivity index (χ1n) is 5.58. The standard InChI is InChI=1S/C12H17ClN2O/c1-10-4-11(7-14-6-10)8-15-2-3-16-12(5-13)9-15/h4,6-7,12H,2-3,5,8-9H2,1H3. The van der Waals surface area contributed by atoms with Crippen LogP contribution in [0.1, 0.15) is 11.1 Å². The van der Waals surface area contributed by atoms with Crippen molar-refractivity contribution in [2.24, 2.45) is 0 Å². The van der Waals surface area contributed by atoms with E-state index in [0.29, 0.717) is 5.88 Å². The number of alkyl halides is 1. The summed E-state index contributed by atoms with van der Waals surface area (Å²) in [5.41, 5.74) is 2.47. The zero-order valence-corrected chi connectivity index (χ0v) is 10.3. The van der Waals surface area contributed by atoms with Crippen LogP contribution < -0.4 is 0 Å². The molecule has 1 unspecified atom stereocenters. The number of aromatic nitrogens is 1. The Morgan fingerprint density at radius 1 is 1.56 bits per heavy atom. The highest BCUT2D eigenvalue weighted by atomic mass is 35.5. The van der Waals surface area contributed by atoms with Gasteiger partial charge in [0, 0.05) is 37.9 Å². The normalized spacial score (nSPS) is 22.2. The topological polar surface area (TPSA) is 25.4 Å². The highest BCUT2D eigenvalue weighted by Crippen LogP contribution is 2.11. The van der Waals surface area contributed by atoms with Crippen LogP contribution in [0.2, 0.25) is 0 Å². The van der Waals surface area contributed by atoms with Crippen LogP contribution in [0.5, 0.6) is 0 Å². The molecule has 1 aliphatic rings. The van der Waals surface area contributed by atoms with E-state index in [-0.39, 0.29) is 6.10 Å². The first kappa shape index (κ1) is 11.8. The van der Waals surface area contributed by atoms with Crippen LogP contribution in [0.15, 0.2) is 18.5 Å². The van der Waals surface area contributed by atoms with Crippen LogP contribution >= 0.6 is 11.6 Å². The summed E-state index contributed by atoms with van der Waals surface area (Å²) in [5.74, 6) is 0.572. The molecule has 3 nitrogen and oxygen atoms in total. The van der Waals surface area contributed by atoms with Crippen molar-refractivity contribution in [3.05, 3.63) is 29.6 Å². The minimum Gasteiger partial charge on any atom is -0.374 e. The average Bonchev–Trinajstić information content (AvgIpc) is 2.29. The summed E-state index contributed by atoms with van der Waals surface area (Å²) in [6.45, 7) is 5.66. The Hall–Kier alpha value is -0.640. The second-order valence-electron chi connectivity index (χ2n) is 4.25. The smallest absolute Gasteiger partial charge is 0.0837 e. The molecule has 1 aromatic rings. The number of hydrogen-bond acceptors (Lipinski definition) is 3. The minimum absolute atomic E-state index is 0.174. The Bertz CT molecular complexity index is 346. The van der Waals surface area contributed by atoms with Crippen molar-refractivity contribution < 1.29 is 4.74 Å². The van der Waals surface area contributed by atoms with Gasteiger partial charge >= 0.3 is 0 Å². The van der Waals surface area contributed by atoms with Gasteiger partial charge in [0.15, 0.2) is 0 Å². The largest absolute Gasteiger partial charge is 0.374 e. The van der Waals surface area contributed by atoms with Gasteiger partial charge < -0.3 is 4.74 Å². The van der Waals surface area contributed by atoms with Gasteiger partial charge in [0.25, 0.3) is 0 Å². The van der Waals surface area contributed by atoms with E-state index in [1.54, 1.807) is 0 Å². The third-order valence-corrected chi connectivity index (χ3v) is 3.08. The van der Waals surface area contributed by atoms with E-state index in [4.69, 9.17) is 16.3 Å². The Labute approximate surface area is 101 Å². The highest BCUT2D eigenvalue weighted by molar-refractivity contribution is 6.18. The molecule has 1 aromatic heterocycles. The summed E-state index contributed by atoms with van der Waals surface area (Å²) in [6.07, 6.45) is 3.98. The van der Waals surface area contributed by atoms with Crippen molar-refractivity contribution in [3.63, 3.8) is 0 Å². The van der Waals surface area contributed by atoms with Crippen molar-refractivity contribution in [3.8, 4) is 0 Å². The van der Waals surface area contributed by atoms with Gasteiger partial charge in [0.1, 0.15) is 0 Å². The van der Waals surface area contributed by atoms with Crippen molar-refractivity contribution in [1.82, 2.24) is 9.88 Å². The SMILES string of the molecule is Cc1cncc(CN2CCOC(CCl)C2)c1. The number of ether oxygens (including phenoxy) is 1. The van der Waals surface area contributed by atoms with Crippen LogP contribution in [0.25, 0.3) is 0 Å². The molecule has 0 bridgehead atoms. The molecule has 0 saturated carbocycles. The Morgan fingerprint density at radius 2 is 2.44 bits per heavy atom. The van der Waals surface area contributed by atoms with Gasteiger partial charge in [-0.1, -0.05) is 6.07 Å². The van der Waals surface area contributed by atoms with Crippen LogP contribution in [-0.4, -0.2) is 41.6 Å². The Kier molecular flexibility index (Phi) is 4.16. The van der Waals surface area contributed by atoms with Crippen molar-refractivity contribution >= 4 is 11.6 Å². The molecule has 0 spiro atoms. The van der Waals surface area contributed by atoms with Gasteiger partial charge in [-0.3, -0.25) is 9.88 Å². The monoisotopic (exact) mass is 240 g/mol. The lowest BCUT2D eigenvalue weighted by atomic mass is 10.2. The maximum atomic E-state index is 5.81. The lowest BCUT2D eigenvalue weighted by Gasteiger charge is -2.31. The fourth-order valence-corrected chi connectivity index (χ4v) is 2.17. The minimum atomic E-state index is 0.174. The second-order valence-corrected chi connectivity index (χ2v) is 4.56. The summed E-state index contributed by atoms with van der Waals surface area (Å²) in [4.78, 5) is 6.57.